The van der Waals surface area contributed by atoms with Gasteiger partial charge in [0.05, 0.1) is 16.5 Å². The van der Waals surface area contributed by atoms with Crippen LogP contribution in [0.3, 0.4) is 0 Å². The summed E-state index contributed by atoms with van der Waals surface area (Å²) in [4.78, 5) is 21.9. The van der Waals surface area contributed by atoms with Gasteiger partial charge in [-0.1, -0.05) is 11.6 Å². The van der Waals surface area contributed by atoms with E-state index in [-0.39, 0.29) is 11.5 Å². The lowest BCUT2D eigenvalue weighted by atomic mass is 9.77. The van der Waals surface area contributed by atoms with Gasteiger partial charge in [-0.05, 0) is 57.1 Å². The zero-order valence-electron chi connectivity index (χ0n) is 14.5. The number of likely N-dealkylation sites (tertiary alicyclic amines) is 1. The minimum Gasteiger partial charge on any atom is -0.393 e. The Morgan fingerprint density at radius 1 is 1.12 bits per heavy atom. The van der Waals surface area contributed by atoms with Gasteiger partial charge in [-0.25, -0.2) is 4.98 Å². The minimum atomic E-state index is -0.187. The number of anilines is 1. The molecule has 5 nitrogen and oxygen atoms in total. The largest absolute Gasteiger partial charge is 0.393 e. The number of aromatic nitrogens is 1. The maximum absolute atomic E-state index is 13.2. The van der Waals surface area contributed by atoms with Gasteiger partial charge in [0.2, 0.25) is 5.91 Å². The number of aliphatic hydroxyl groups excluding tert-OH is 1. The van der Waals surface area contributed by atoms with Crippen LogP contribution in [0.1, 0.15) is 44.9 Å². The van der Waals surface area contributed by atoms with E-state index in [0.717, 1.165) is 70.4 Å². The first kappa shape index (κ1) is 17.1. The highest BCUT2D eigenvalue weighted by atomic mass is 35.5. The van der Waals surface area contributed by atoms with E-state index >= 15 is 0 Å². The van der Waals surface area contributed by atoms with Gasteiger partial charge in [-0.2, -0.15) is 0 Å². The molecule has 0 bridgehead atoms. The third kappa shape index (κ3) is 3.13. The molecule has 1 aromatic heterocycles. The highest BCUT2D eigenvalue weighted by Gasteiger charge is 2.50. The summed E-state index contributed by atoms with van der Waals surface area (Å²) in [5, 5.41) is 10.4. The highest BCUT2D eigenvalue weighted by Crippen LogP contribution is 2.44. The van der Waals surface area contributed by atoms with Crippen LogP contribution in [0, 0.1) is 5.41 Å². The Morgan fingerprint density at radius 3 is 2.48 bits per heavy atom. The molecule has 3 heterocycles. The summed E-state index contributed by atoms with van der Waals surface area (Å²) < 4.78 is 0. The second-order valence-electron chi connectivity index (χ2n) is 7.79. The van der Waals surface area contributed by atoms with E-state index in [2.05, 4.69) is 14.8 Å². The van der Waals surface area contributed by atoms with Crippen LogP contribution in [0.4, 0.5) is 5.82 Å². The van der Waals surface area contributed by atoms with Gasteiger partial charge in [0.15, 0.2) is 0 Å². The maximum atomic E-state index is 13.2. The fourth-order valence-corrected chi connectivity index (χ4v) is 5.03. The highest BCUT2D eigenvalue weighted by molar-refractivity contribution is 6.32. The van der Waals surface area contributed by atoms with Crippen LogP contribution >= 0.6 is 11.6 Å². The Labute approximate surface area is 154 Å². The van der Waals surface area contributed by atoms with Gasteiger partial charge in [-0.3, -0.25) is 4.79 Å². The van der Waals surface area contributed by atoms with Crippen molar-refractivity contribution in [3.05, 3.63) is 23.4 Å². The molecule has 1 aromatic rings. The first-order chi connectivity index (χ1) is 12.1. The zero-order chi connectivity index (χ0) is 17.4. The van der Waals surface area contributed by atoms with Gasteiger partial charge < -0.3 is 14.9 Å². The number of pyridine rings is 1. The molecule has 0 unspecified atom stereocenters. The van der Waals surface area contributed by atoms with E-state index in [9.17, 15) is 9.90 Å². The molecule has 1 N–H and O–H groups in total. The Hall–Kier alpha value is -1.33. The summed E-state index contributed by atoms with van der Waals surface area (Å²) in [6.45, 7) is 2.54. The molecule has 25 heavy (non-hydrogen) atoms. The molecule has 6 heteroatoms. The monoisotopic (exact) mass is 363 g/mol. The summed E-state index contributed by atoms with van der Waals surface area (Å²) in [6, 6.07) is 4.05. The van der Waals surface area contributed by atoms with E-state index < -0.39 is 0 Å². The molecule has 2 saturated heterocycles. The van der Waals surface area contributed by atoms with Crippen LogP contribution in [-0.4, -0.2) is 52.7 Å². The molecule has 136 valence electrons. The molecule has 3 aliphatic rings. The van der Waals surface area contributed by atoms with E-state index in [0.29, 0.717) is 17.0 Å². The third-order valence-corrected chi connectivity index (χ3v) is 6.71. The van der Waals surface area contributed by atoms with Crippen molar-refractivity contribution in [2.75, 3.05) is 24.5 Å². The Kier molecular flexibility index (Phi) is 4.63. The number of halogens is 1. The van der Waals surface area contributed by atoms with Crippen molar-refractivity contribution in [1.29, 1.82) is 0 Å². The third-order valence-electron chi connectivity index (χ3n) is 6.41. The molecule has 1 saturated carbocycles. The standard InChI is InChI=1S/C19H26ClN3O2/c20-16-2-1-10-21-17(16)22-11-7-19(8-12-22)9-13-23(18(19)25)14-3-5-15(24)6-4-14/h1-2,10,14-15,24H,3-9,11-13H2/t14-,15+. The number of rotatable bonds is 2. The summed E-state index contributed by atoms with van der Waals surface area (Å²) in [5.74, 6) is 1.18. The Morgan fingerprint density at radius 2 is 1.80 bits per heavy atom. The van der Waals surface area contributed by atoms with Crippen LogP contribution in [0.2, 0.25) is 5.02 Å². The van der Waals surface area contributed by atoms with Gasteiger partial charge in [0, 0.05) is 31.9 Å². The van der Waals surface area contributed by atoms with Crippen LogP contribution in [-0.2, 0) is 4.79 Å². The van der Waals surface area contributed by atoms with Crippen molar-refractivity contribution in [3.63, 3.8) is 0 Å². The minimum absolute atomic E-state index is 0.172. The lowest BCUT2D eigenvalue weighted by Gasteiger charge is -2.40. The number of carbonyl (C=O) groups is 1. The molecule has 2 aliphatic heterocycles. The quantitative estimate of drug-likeness (QED) is 0.877. The fourth-order valence-electron chi connectivity index (χ4n) is 4.79. The number of carbonyl (C=O) groups excluding carboxylic acids is 1. The summed E-state index contributed by atoms with van der Waals surface area (Å²) in [7, 11) is 0. The predicted molar refractivity (Wildman–Crippen MR) is 97.7 cm³/mol. The number of amides is 1. The van der Waals surface area contributed by atoms with Gasteiger partial charge in [0.25, 0.3) is 0 Å². The van der Waals surface area contributed by atoms with Crippen LogP contribution < -0.4 is 4.90 Å². The van der Waals surface area contributed by atoms with Crippen molar-refractivity contribution in [2.45, 2.75) is 57.1 Å². The first-order valence-electron chi connectivity index (χ1n) is 9.44. The topological polar surface area (TPSA) is 56.7 Å². The smallest absolute Gasteiger partial charge is 0.229 e. The number of hydrogen-bond acceptors (Lipinski definition) is 4. The number of nitrogens with zero attached hydrogens (tertiary/aromatic N) is 3. The second kappa shape index (κ2) is 6.76. The molecule has 1 aliphatic carbocycles. The maximum Gasteiger partial charge on any atom is 0.229 e. The number of piperidine rings is 1. The van der Waals surface area contributed by atoms with Gasteiger partial charge >= 0.3 is 0 Å². The molecule has 4 rings (SSSR count). The van der Waals surface area contributed by atoms with E-state index in [1.165, 1.54) is 0 Å². The van der Waals surface area contributed by atoms with Crippen molar-refractivity contribution in [1.82, 2.24) is 9.88 Å². The average Bonchev–Trinajstić information content (AvgIpc) is 2.94. The van der Waals surface area contributed by atoms with Crippen molar-refractivity contribution < 1.29 is 9.90 Å². The van der Waals surface area contributed by atoms with Crippen LogP contribution in [0.25, 0.3) is 0 Å². The predicted octanol–water partition coefficient (Wildman–Crippen LogP) is 2.86. The number of aliphatic hydroxyl groups is 1. The first-order valence-corrected chi connectivity index (χ1v) is 9.81. The molecule has 1 amide bonds. The zero-order valence-corrected chi connectivity index (χ0v) is 15.3. The second-order valence-corrected chi connectivity index (χ2v) is 8.19. The van der Waals surface area contributed by atoms with Crippen molar-refractivity contribution in [3.8, 4) is 0 Å². The average molecular weight is 364 g/mol. The van der Waals surface area contributed by atoms with Gasteiger partial charge in [0.1, 0.15) is 5.82 Å². The molecule has 0 atom stereocenters. The fraction of sp³-hybridized carbons (Fsp3) is 0.684. The lowest BCUT2D eigenvalue weighted by molar-refractivity contribution is -0.139. The summed E-state index contributed by atoms with van der Waals surface area (Å²) >= 11 is 6.27. The molecule has 0 aromatic carbocycles. The van der Waals surface area contributed by atoms with E-state index in [4.69, 9.17) is 11.6 Å². The van der Waals surface area contributed by atoms with Crippen molar-refractivity contribution >= 4 is 23.3 Å². The van der Waals surface area contributed by atoms with Crippen LogP contribution in [0.15, 0.2) is 18.3 Å². The summed E-state index contributed by atoms with van der Waals surface area (Å²) in [5.41, 5.74) is -0.187. The molecular formula is C19H26ClN3O2. The Balaban J connectivity index is 1.41. The van der Waals surface area contributed by atoms with Crippen LogP contribution in [0.5, 0.6) is 0 Å². The molecule has 1 spiro atoms. The molecule has 0 radical (unpaired) electrons. The van der Waals surface area contributed by atoms with E-state index in [1.54, 1.807) is 6.20 Å². The number of hydrogen-bond donors (Lipinski definition) is 1. The lowest BCUT2D eigenvalue weighted by Crippen LogP contribution is -2.47. The molecule has 3 fully saturated rings. The van der Waals surface area contributed by atoms with E-state index in [1.807, 2.05) is 12.1 Å². The normalized spacial score (nSPS) is 29.4. The van der Waals surface area contributed by atoms with Crippen molar-refractivity contribution in [2.24, 2.45) is 5.41 Å². The Bertz CT molecular complexity index is 637. The molecular weight excluding hydrogens is 338 g/mol. The van der Waals surface area contributed by atoms with Gasteiger partial charge in [-0.15, -0.1) is 0 Å². The summed E-state index contributed by atoms with van der Waals surface area (Å²) in [6.07, 6.45) is 7.86. The SMILES string of the molecule is O=C1N([C@H]2CC[C@@H](O)CC2)CCC12CCN(c1ncccc1Cl)CC2.